The molecule has 7 unspecified atom stereocenters. The molecule has 3 aliphatic carbocycles. The lowest BCUT2D eigenvalue weighted by Crippen LogP contribution is -2.80. The van der Waals surface area contributed by atoms with E-state index in [1.807, 2.05) is 0 Å². The van der Waals surface area contributed by atoms with Crippen LogP contribution in [0.1, 0.15) is 30.1 Å². The number of esters is 1. The molecule has 0 spiro atoms. The summed E-state index contributed by atoms with van der Waals surface area (Å²) >= 11 is 0. The van der Waals surface area contributed by atoms with Crippen molar-refractivity contribution in [3.05, 3.63) is 66.2 Å². The van der Waals surface area contributed by atoms with E-state index in [9.17, 15) is 33.6 Å². The Morgan fingerprint density at radius 2 is 1.65 bits per heavy atom. The first-order chi connectivity index (χ1) is 20.4. The highest BCUT2D eigenvalue weighted by molar-refractivity contribution is 7.86. The van der Waals surface area contributed by atoms with Gasteiger partial charge in [-0.3, -0.25) is 4.18 Å². The first kappa shape index (κ1) is 29.2. The predicted molar refractivity (Wildman–Crippen MR) is 141 cm³/mol. The van der Waals surface area contributed by atoms with Gasteiger partial charge in [-0.05, 0) is 37.6 Å². The van der Waals surface area contributed by atoms with E-state index in [0.29, 0.717) is 5.56 Å². The summed E-state index contributed by atoms with van der Waals surface area (Å²) in [6, 6.07) is 15.7. The molecule has 9 rings (SSSR count). The van der Waals surface area contributed by atoms with E-state index in [-0.39, 0.29) is 24.3 Å². The number of hydrogen-bond acceptors (Lipinski definition) is 13. The molecule has 2 aromatic rings. The lowest BCUT2D eigenvalue weighted by atomic mass is 9.41. The topological polar surface area (TPSA) is 188 Å². The fourth-order valence-electron chi connectivity index (χ4n) is 7.67. The van der Waals surface area contributed by atoms with Gasteiger partial charge in [0.2, 0.25) is 0 Å². The minimum atomic E-state index is -4.23. The van der Waals surface area contributed by atoms with E-state index in [1.54, 1.807) is 43.3 Å². The van der Waals surface area contributed by atoms with Gasteiger partial charge in [0, 0.05) is 12.3 Å². The van der Waals surface area contributed by atoms with Crippen molar-refractivity contribution in [1.82, 2.24) is 0 Å². The Bertz CT molecular complexity index is 1510. The molecule has 6 bridgehead atoms. The van der Waals surface area contributed by atoms with Crippen molar-refractivity contribution in [2.45, 2.75) is 78.6 Å². The van der Waals surface area contributed by atoms with E-state index in [0.717, 1.165) is 0 Å². The predicted octanol–water partition coefficient (Wildman–Crippen LogP) is 0.0557. The molecule has 4 heterocycles. The Kier molecular flexibility index (Phi) is 6.63. The molecule has 0 aromatic heterocycles. The molecular formula is C29H32O13S. The van der Waals surface area contributed by atoms with Crippen molar-refractivity contribution in [1.29, 1.82) is 0 Å². The van der Waals surface area contributed by atoms with Crippen LogP contribution in [0.15, 0.2) is 65.6 Å². The number of hydrogen-bond donors (Lipinski definition) is 4. The van der Waals surface area contributed by atoms with Crippen molar-refractivity contribution in [3.8, 4) is 0 Å². The van der Waals surface area contributed by atoms with E-state index in [1.165, 1.54) is 24.3 Å². The van der Waals surface area contributed by atoms with Gasteiger partial charge in [0.05, 0.1) is 22.5 Å². The van der Waals surface area contributed by atoms with Crippen LogP contribution in [0.5, 0.6) is 0 Å². The first-order valence-corrected chi connectivity index (χ1v) is 15.4. The molecule has 0 radical (unpaired) electrons. The quantitative estimate of drug-likeness (QED) is 0.218. The highest BCUT2D eigenvalue weighted by Crippen LogP contribution is 2.81. The van der Waals surface area contributed by atoms with Gasteiger partial charge in [-0.15, -0.1) is 0 Å². The second kappa shape index (κ2) is 9.75. The summed E-state index contributed by atoms with van der Waals surface area (Å²) in [5, 5.41) is 43.6. The molecule has 2 aromatic carbocycles. The van der Waals surface area contributed by atoms with Crippen molar-refractivity contribution in [2.24, 2.45) is 11.3 Å². The molecule has 3 saturated carbocycles. The Hall–Kier alpha value is -2.50. The minimum Gasteiger partial charge on any atom is -0.461 e. The van der Waals surface area contributed by atoms with Gasteiger partial charge in [0.1, 0.15) is 42.2 Å². The number of carbonyl (C=O) groups is 1. The molecule has 0 amide bonds. The van der Waals surface area contributed by atoms with Gasteiger partial charge in [-0.1, -0.05) is 36.4 Å². The molecular weight excluding hydrogens is 588 g/mol. The molecule has 7 fully saturated rings. The molecule has 232 valence electrons. The highest BCUT2D eigenvalue weighted by Gasteiger charge is 2.94. The minimum absolute atomic E-state index is 0.0192. The Morgan fingerprint density at radius 1 is 0.977 bits per heavy atom. The van der Waals surface area contributed by atoms with Gasteiger partial charge < -0.3 is 44.1 Å². The zero-order chi connectivity index (χ0) is 30.4. The SMILES string of the molecule is C[C@@]12C[C@@]3(O)O[C@H](O1)C1(COC(=O)c4ccccc4)[C@@H]3CC12OC1OC(COS(=O)(=O)c2ccccc2)C(O)C(O)C1O. The lowest BCUT2D eigenvalue weighted by molar-refractivity contribution is -0.424. The zero-order valence-electron chi connectivity index (χ0n) is 23.0. The third kappa shape index (κ3) is 4.02. The average Bonchev–Trinajstić information content (AvgIpc) is 3.18. The summed E-state index contributed by atoms with van der Waals surface area (Å²) in [5.74, 6) is -2.70. The Labute approximate surface area is 247 Å². The third-order valence-corrected chi connectivity index (χ3v) is 11.1. The van der Waals surface area contributed by atoms with Gasteiger partial charge >= 0.3 is 5.97 Å². The van der Waals surface area contributed by atoms with Gasteiger partial charge in [-0.2, -0.15) is 8.42 Å². The standard InChI is InChI=1S/C29H32O13S/c1-26-14-28(34)19-12-29(26,27(19,25(41-26)42-28)15-37-23(33)16-8-4-2-5-9-16)40-24-22(32)21(31)20(30)18(39-24)13-38-43(35,36)17-10-6-3-7-11-17/h2-11,18-22,24-25,30-32,34H,12-15H2,1H3/t18?,19-,20?,21?,22?,24?,25-,26-,27?,28+,29?/m0/s1. The molecule has 14 heteroatoms. The van der Waals surface area contributed by atoms with Crippen LogP contribution in [-0.2, 0) is 38.0 Å². The maximum atomic E-state index is 12.9. The summed E-state index contributed by atoms with van der Waals surface area (Å²) in [7, 11) is -4.23. The van der Waals surface area contributed by atoms with Crippen LogP contribution in [0.4, 0.5) is 0 Å². The zero-order valence-corrected chi connectivity index (χ0v) is 23.8. The first-order valence-electron chi connectivity index (χ1n) is 14.0. The van der Waals surface area contributed by atoms with Crippen LogP contribution in [-0.4, -0.2) is 102 Å². The number of aliphatic hydroxyl groups is 4. The molecule has 4 N–H and O–H groups in total. The smallest absolute Gasteiger partial charge is 0.338 e. The fraction of sp³-hybridized carbons (Fsp3) is 0.552. The lowest BCUT2D eigenvalue weighted by Gasteiger charge is -2.67. The molecule has 4 aliphatic heterocycles. The number of rotatable bonds is 9. The van der Waals surface area contributed by atoms with Crippen molar-refractivity contribution in [3.63, 3.8) is 0 Å². The van der Waals surface area contributed by atoms with Gasteiger partial charge in [0.15, 0.2) is 18.4 Å². The maximum absolute atomic E-state index is 12.9. The largest absolute Gasteiger partial charge is 0.461 e. The Morgan fingerprint density at radius 3 is 2.35 bits per heavy atom. The average molecular weight is 621 g/mol. The fourth-order valence-corrected chi connectivity index (χ4v) is 8.61. The Balaban J connectivity index is 1.14. The number of aliphatic hydroxyl groups excluding tert-OH is 3. The molecule has 4 saturated heterocycles. The van der Waals surface area contributed by atoms with Crippen LogP contribution in [0.3, 0.4) is 0 Å². The van der Waals surface area contributed by atoms with Gasteiger partial charge in [-0.25, -0.2) is 4.79 Å². The second-order valence-corrected chi connectivity index (χ2v) is 13.7. The van der Waals surface area contributed by atoms with E-state index < -0.39 is 88.0 Å². The van der Waals surface area contributed by atoms with Crippen LogP contribution in [0.2, 0.25) is 0 Å². The van der Waals surface area contributed by atoms with E-state index in [2.05, 4.69) is 0 Å². The summed E-state index contributed by atoms with van der Waals surface area (Å²) in [5.41, 5.74) is -3.36. The van der Waals surface area contributed by atoms with Crippen LogP contribution >= 0.6 is 0 Å². The van der Waals surface area contributed by atoms with Crippen molar-refractivity contribution >= 4 is 16.1 Å². The number of benzene rings is 2. The van der Waals surface area contributed by atoms with Crippen LogP contribution < -0.4 is 0 Å². The summed E-state index contributed by atoms with van der Waals surface area (Å²) < 4.78 is 60.7. The molecule has 13 nitrogen and oxygen atoms in total. The molecule has 43 heavy (non-hydrogen) atoms. The van der Waals surface area contributed by atoms with E-state index in [4.69, 9.17) is 27.9 Å². The van der Waals surface area contributed by atoms with Gasteiger partial charge in [0.25, 0.3) is 10.1 Å². The summed E-state index contributed by atoms with van der Waals surface area (Å²) in [6.07, 6.45) is -9.04. The molecule has 11 atom stereocenters. The maximum Gasteiger partial charge on any atom is 0.338 e. The summed E-state index contributed by atoms with van der Waals surface area (Å²) in [4.78, 5) is 12.8. The number of ether oxygens (including phenoxy) is 5. The number of carbonyl (C=O) groups excluding carboxylic acids is 1. The van der Waals surface area contributed by atoms with Crippen molar-refractivity contribution < 1.29 is 61.5 Å². The monoisotopic (exact) mass is 620 g/mol. The third-order valence-electron chi connectivity index (χ3n) is 9.81. The summed E-state index contributed by atoms with van der Waals surface area (Å²) in [6.45, 7) is 0.789. The molecule has 7 aliphatic rings. The highest BCUT2D eigenvalue weighted by atomic mass is 32.2. The van der Waals surface area contributed by atoms with Crippen molar-refractivity contribution in [2.75, 3.05) is 13.2 Å². The van der Waals surface area contributed by atoms with Crippen LogP contribution in [0, 0.1) is 11.3 Å². The van der Waals surface area contributed by atoms with Crippen LogP contribution in [0.25, 0.3) is 0 Å². The second-order valence-electron chi connectivity index (χ2n) is 12.1. The van der Waals surface area contributed by atoms with E-state index >= 15 is 0 Å². The normalized spacial score (nSPS) is 44.3.